The number of amides is 2. The van der Waals surface area contributed by atoms with Gasteiger partial charge in [0.05, 0.1) is 11.4 Å². The Kier molecular flexibility index (Phi) is 7.35. The van der Waals surface area contributed by atoms with E-state index in [1.54, 1.807) is 0 Å². The summed E-state index contributed by atoms with van der Waals surface area (Å²) in [6.45, 7) is 1.37. The molecule has 0 aliphatic rings. The van der Waals surface area contributed by atoms with E-state index in [1.165, 1.54) is 38.2 Å². The molecule has 0 radical (unpaired) electrons. The molecular weight excluding hydrogens is 392 g/mol. The van der Waals surface area contributed by atoms with E-state index in [0.717, 1.165) is 15.6 Å². The topological polar surface area (TPSA) is 98.8 Å². The molecule has 2 aromatic carbocycles. The van der Waals surface area contributed by atoms with Crippen molar-refractivity contribution >= 4 is 33.2 Å². The first-order valence-electron chi connectivity index (χ1n) is 8.96. The van der Waals surface area contributed by atoms with Crippen LogP contribution in [-0.4, -0.2) is 52.2 Å². The van der Waals surface area contributed by atoms with E-state index in [0.29, 0.717) is 12.2 Å². The Labute approximate surface area is 171 Å². The maximum absolute atomic E-state index is 12.6. The van der Waals surface area contributed by atoms with Crippen LogP contribution in [0.5, 0.6) is 0 Å². The van der Waals surface area contributed by atoms with Crippen molar-refractivity contribution in [3.63, 3.8) is 0 Å². The van der Waals surface area contributed by atoms with Crippen molar-refractivity contribution in [3.8, 4) is 0 Å². The summed E-state index contributed by atoms with van der Waals surface area (Å²) in [4.78, 5) is 25.3. The number of sulfonamides is 1. The van der Waals surface area contributed by atoms with Crippen LogP contribution in [-0.2, 0) is 26.2 Å². The van der Waals surface area contributed by atoms with E-state index < -0.39 is 15.9 Å². The summed E-state index contributed by atoms with van der Waals surface area (Å²) in [6, 6.07) is 13.5. The minimum absolute atomic E-state index is 0.0422. The molecule has 29 heavy (non-hydrogen) atoms. The number of rotatable bonds is 8. The molecule has 0 aliphatic heterocycles. The predicted octanol–water partition coefficient (Wildman–Crippen LogP) is 1.65. The molecule has 0 saturated heterocycles. The first kappa shape index (κ1) is 22.4. The minimum atomic E-state index is -3.83. The summed E-state index contributed by atoms with van der Waals surface area (Å²) in [5.74, 6) is -0.647. The monoisotopic (exact) mass is 418 g/mol. The van der Waals surface area contributed by atoms with Gasteiger partial charge in [0, 0.05) is 46.0 Å². The van der Waals surface area contributed by atoms with E-state index >= 15 is 0 Å². The molecule has 2 aromatic rings. The standard InChI is InChI=1S/C20H26N4O4S/c1-15(25)22-17-8-10-19(11-9-17)29(27,28)24(4)14-20(26)21-13-16-6-5-7-18(12-16)23(2)3/h5-12H,13-14H2,1-4H3,(H,21,26)(H,22,25). The Bertz CT molecular complexity index is 972. The van der Waals surface area contributed by atoms with E-state index in [4.69, 9.17) is 0 Å². The second-order valence-corrected chi connectivity index (χ2v) is 8.85. The molecule has 2 N–H and O–H groups in total. The second kappa shape index (κ2) is 9.53. The van der Waals surface area contributed by atoms with Crippen LogP contribution in [0.25, 0.3) is 0 Å². The average molecular weight is 419 g/mol. The normalized spacial score (nSPS) is 11.2. The summed E-state index contributed by atoms with van der Waals surface area (Å²) in [5, 5.41) is 5.31. The van der Waals surface area contributed by atoms with Crippen LogP contribution in [0.3, 0.4) is 0 Å². The van der Waals surface area contributed by atoms with Crippen molar-refractivity contribution in [1.82, 2.24) is 9.62 Å². The number of carbonyl (C=O) groups excluding carboxylic acids is 2. The van der Waals surface area contributed by atoms with Crippen LogP contribution in [0.4, 0.5) is 11.4 Å². The Morgan fingerprint density at radius 3 is 2.24 bits per heavy atom. The molecule has 0 aliphatic carbocycles. The van der Waals surface area contributed by atoms with Crippen LogP contribution in [0.15, 0.2) is 53.4 Å². The van der Waals surface area contributed by atoms with Crippen LogP contribution >= 0.6 is 0 Å². The number of hydrogen-bond acceptors (Lipinski definition) is 5. The SMILES string of the molecule is CC(=O)Nc1ccc(S(=O)(=O)N(C)CC(=O)NCc2cccc(N(C)C)c2)cc1. The molecule has 0 saturated carbocycles. The highest BCUT2D eigenvalue weighted by Gasteiger charge is 2.22. The van der Waals surface area contributed by atoms with Gasteiger partial charge >= 0.3 is 0 Å². The largest absolute Gasteiger partial charge is 0.378 e. The maximum atomic E-state index is 12.6. The summed E-state index contributed by atoms with van der Waals surface area (Å²) in [5.41, 5.74) is 2.43. The minimum Gasteiger partial charge on any atom is -0.378 e. The van der Waals surface area contributed by atoms with Crippen LogP contribution in [0.2, 0.25) is 0 Å². The van der Waals surface area contributed by atoms with Crippen molar-refractivity contribution in [2.75, 3.05) is 37.9 Å². The first-order chi connectivity index (χ1) is 13.6. The fourth-order valence-electron chi connectivity index (χ4n) is 2.58. The van der Waals surface area contributed by atoms with E-state index in [-0.39, 0.29) is 17.3 Å². The Hall–Kier alpha value is -2.91. The number of anilines is 2. The third kappa shape index (κ3) is 6.30. The number of benzene rings is 2. The fraction of sp³-hybridized carbons (Fsp3) is 0.300. The quantitative estimate of drug-likeness (QED) is 0.679. The maximum Gasteiger partial charge on any atom is 0.243 e. The van der Waals surface area contributed by atoms with Crippen molar-refractivity contribution in [3.05, 3.63) is 54.1 Å². The van der Waals surface area contributed by atoms with E-state index in [1.807, 2.05) is 43.3 Å². The Morgan fingerprint density at radius 2 is 1.66 bits per heavy atom. The third-order valence-electron chi connectivity index (χ3n) is 4.17. The van der Waals surface area contributed by atoms with Gasteiger partial charge in [-0.3, -0.25) is 9.59 Å². The fourth-order valence-corrected chi connectivity index (χ4v) is 3.71. The number of carbonyl (C=O) groups is 2. The first-order valence-corrected chi connectivity index (χ1v) is 10.4. The van der Waals surface area contributed by atoms with Gasteiger partial charge in [0.2, 0.25) is 21.8 Å². The van der Waals surface area contributed by atoms with Gasteiger partial charge in [-0.1, -0.05) is 12.1 Å². The second-order valence-electron chi connectivity index (χ2n) is 6.81. The van der Waals surface area contributed by atoms with Gasteiger partial charge in [-0.05, 0) is 42.0 Å². The van der Waals surface area contributed by atoms with Crippen LogP contribution in [0.1, 0.15) is 12.5 Å². The van der Waals surface area contributed by atoms with Gasteiger partial charge in [-0.15, -0.1) is 0 Å². The zero-order valence-corrected chi connectivity index (χ0v) is 17.8. The van der Waals surface area contributed by atoms with Gasteiger partial charge in [0.15, 0.2) is 0 Å². The van der Waals surface area contributed by atoms with Crippen LogP contribution in [0, 0.1) is 0 Å². The Morgan fingerprint density at radius 1 is 1.00 bits per heavy atom. The summed E-state index contributed by atoms with van der Waals surface area (Å²) in [7, 11) is 1.39. The lowest BCUT2D eigenvalue weighted by molar-refractivity contribution is -0.121. The lowest BCUT2D eigenvalue weighted by atomic mass is 10.2. The number of hydrogen-bond donors (Lipinski definition) is 2. The molecular formula is C20H26N4O4S. The molecule has 0 spiro atoms. The van der Waals surface area contributed by atoms with E-state index in [2.05, 4.69) is 10.6 Å². The lowest BCUT2D eigenvalue weighted by Crippen LogP contribution is -2.38. The highest BCUT2D eigenvalue weighted by Crippen LogP contribution is 2.17. The highest BCUT2D eigenvalue weighted by atomic mass is 32.2. The summed E-state index contributed by atoms with van der Waals surface area (Å²) in [6.07, 6.45) is 0. The molecule has 0 unspecified atom stereocenters. The van der Waals surface area contributed by atoms with Gasteiger partial charge in [0.1, 0.15) is 0 Å². The number of likely N-dealkylation sites (N-methyl/N-ethyl adjacent to an activating group) is 1. The summed E-state index contributed by atoms with van der Waals surface area (Å²) >= 11 is 0. The molecule has 156 valence electrons. The average Bonchev–Trinajstić information content (AvgIpc) is 2.66. The van der Waals surface area contributed by atoms with Crippen molar-refractivity contribution < 1.29 is 18.0 Å². The van der Waals surface area contributed by atoms with Crippen molar-refractivity contribution in [2.24, 2.45) is 0 Å². The molecule has 0 heterocycles. The van der Waals surface area contributed by atoms with Crippen molar-refractivity contribution in [1.29, 1.82) is 0 Å². The molecule has 0 aromatic heterocycles. The number of nitrogens with one attached hydrogen (secondary N) is 2. The van der Waals surface area contributed by atoms with Crippen molar-refractivity contribution in [2.45, 2.75) is 18.4 Å². The van der Waals surface area contributed by atoms with Crippen LogP contribution < -0.4 is 15.5 Å². The lowest BCUT2D eigenvalue weighted by Gasteiger charge is -2.17. The molecule has 8 nitrogen and oxygen atoms in total. The van der Waals surface area contributed by atoms with Gasteiger partial charge < -0.3 is 15.5 Å². The molecule has 0 fully saturated rings. The predicted molar refractivity (Wildman–Crippen MR) is 113 cm³/mol. The van der Waals surface area contributed by atoms with Gasteiger partial charge in [0.25, 0.3) is 0 Å². The molecule has 0 atom stereocenters. The Balaban J connectivity index is 1.97. The molecule has 2 rings (SSSR count). The van der Waals surface area contributed by atoms with Gasteiger partial charge in [-0.25, -0.2) is 8.42 Å². The smallest absolute Gasteiger partial charge is 0.243 e. The zero-order valence-electron chi connectivity index (χ0n) is 17.0. The van der Waals surface area contributed by atoms with E-state index in [9.17, 15) is 18.0 Å². The highest BCUT2D eigenvalue weighted by molar-refractivity contribution is 7.89. The molecule has 9 heteroatoms. The third-order valence-corrected chi connectivity index (χ3v) is 5.98. The zero-order chi connectivity index (χ0) is 21.6. The van der Waals surface area contributed by atoms with Gasteiger partial charge in [-0.2, -0.15) is 4.31 Å². The number of nitrogens with zero attached hydrogens (tertiary/aromatic N) is 2. The summed E-state index contributed by atoms with van der Waals surface area (Å²) < 4.78 is 26.3. The molecule has 2 amide bonds. The molecule has 0 bridgehead atoms.